The molecule has 136 valence electrons. The Hall–Kier alpha value is -2.03. The van der Waals surface area contributed by atoms with Crippen LogP contribution in [0.4, 0.5) is 5.69 Å². The molecule has 1 aliphatic heterocycles. The quantitative estimate of drug-likeness (QED) is 0.523. The highest BCUT2D eigenvalue weighted by Crippen LogP contribution is 2.11. The molecule has 6 N–H and O–H groups in total. The van der Waals surface area contributed by atoms with E-state index in [4.69, 9.17) is 23.7 Å². The van der Waals surface area contributed by atoms with Crippen LogP contribution >= 0.6 is 12.2 Å². The van der Waals surface area contributed by atoms with Crippen molar-refractivity contribution in [1.82, 2.24) is 10.2 Å². The van der Waals surface area contributed by atoms with Crippen molar-refractivity contribution in [3.05, 3.63) is 29.8 Å². The molecule has 1 heterocycles. The molecule has 1 aromatic carbocycles. The van der Waals surface area contributed by atoms with Gasteiger partial charge in [-0.3, -0.25) is 9.59 Å². The summed E-state index contributed by atoms with van der Waals surface area (Å²) in [5.74, 6) is -1.19. The molecule has 1 atom stereocenters. The van der Waals surface area contributed by atoms with Gasteiger partial charge in [-0.05, 0) is 50.2 Å². The second-order valence-electron chi connectivity index (χ2n) is 6.10. The van der Waals surface area contributed by atoms with Gasteiger partial charge in [-0.2, -0.15) is 0 Å². The number of nitrogens with two attached hydrogens (primary N) is 2. The average molecular weight is 363 g/mol. The summed E-state index contributed by atoms with van der Waals surface area (Å²) in [5.41, 5.74) is 11.9. The molecular weight excluding hydrogens is 338 g/mol. The number of thiocarbonyl (C=S) groups is 1. The van der Waals surface area contributed by atoms with E-state index in [1.54, 1.807) is 12.1 Å². The van der Waals surface area contributed by atoms with Crippen molar-refractivity contribution in [2.24, 2.45) is 11.5 Å². The van der Waals surface area contributed by atoms with Crippen molar-refractivity contribution in [3.8, 4) is 0 Å². The van der Waals surface area contributed by atoms with Crippen LogP contribution < -0.4 is 22.1 Å². The number of benzene rings is 1. The molecule has 0 bridgehead atoms. The predicted molar refractivity (Wildman–Crippen MR) is 102 cm³/mol. The molecule has 1 aromatic rings. The highest BCUT2D eigenvalue weighted by atomic mass is 32.1. The van der Waals surface area contributed by atoms with E-state index in [0.717, 1.165) is 18.8 Å². The minimum Gasteiger partial charge on any atom is -0.384 e. The van der Waals surface area contributed by atoms with E-state index in [9.17, 15) is 9.59 Å². The Kier molecular flexibility index (Phi) is 7.30. The summed E-state index contributed by atoms with van der Waals surface area (Å²) in [4.78, 5) is 25.4. The van der Waals surface area contributed by atoms with E-state index >= 15 is 0 Å². The molecule has 0 spiro atoms. The zero-order chi connectivity index (χ0) is 18.2. The maximum absolute atomic E-state index is 12.1. The summed E-state index contributed by atoms with van der Waals surface area (Å²) < 4.78 is 0. The van der Waals surface area contributed by atoms with E-state index < -0.39 is 17.9 Å². The summed E-state index contributed by atoms with van der Waals surface area (Å²) in [6, 6.07) is 5.88. The van der Waals surface area contributed by atoms with Crippen LogP contribution in [-0.2, 0) is 4.79 Å². The Morgan fingerprint density at radius 2 is 1.80 bits per heavy atom. The van der Waals surface area contributed by atoms with Crippen molar-refractivity contribution in [2.75, 3.05) is 31.5 Å². The first kappa shape index (κ1) is 19.3. The van der Waals surface area contributed by atoms with Gasteiger partial charge in [-0.25, -0.2) is 0 Å². The minimum atomic E-state index is -1.17. The van der Waals surface area contributed by atoms with E-state index in [1.165, 1.54) is 32.4 Å². The highest BCUT2D eigenvalue weighted by Gasteiger charge is 2.18. The molecule has 1 fully saturated rings. The monoisotopic (exact) mass is 363 g/mol. The third-order valence-corrected chi connectivity index (χ3v) is 4.53. The lowest BCUT2D eigenvalue weighted by molar-refractivity contribution is -0.117. The maximum atomic E-state index is 12.1. The fourth-order valence-electron chi connectivity index (χ4n) is 2.67. The summed E-state index contributed by atoms with van der Waals surface area (Å²) in [6.07, 6.45) is 3.90. The van der Waals surface area contributed by atoms with Gasteiger partial charge in [0, 0.05) is 24.3 Å². The lowest BCUT2D eigenvalue weighted by Crippen LogP contribution is -2.49. The van der Waals surface area contributed by atoms with Gasteiger partial charge in [0.05, 0.1) is 0 Å². The van der Waals surface area contributed by atoms with Gasteiger partial charge in [-0.15, -0.1) is 0 Å². The summed E-state index contributed by atoms with van der Waals surface area (Å²) in [5, 5.41) is 5.77. The predicted octanol–water partition coefficient (Wildman–Crippen LogP) is 0.454. The lowest BCUT2D eigenvalue weighted by atomic mass is 10.1. The van der Waals surface area contributed by atoms with Gasteiger partial charge in [0.2, 0.25) is 5.91 Å². The number of carbonyl (C=O) groups is 2. The van der Waals surface area contributed by atoms with Crippen LogP contribution in [0.25, 0.3) is 0 Å². The molecule has 1 unspecified atom stereocenters. The topological polar surface area (TPSA) is 113 Å². The molecule has 0 saturated carbocycles. The van der Waals surface area contributed by atoms with Crippen molar-refractivity contribution in [1.29, 1.82) is 0 Å². The number of likely N-dealkylation sites (tertiary alicyclic amines) is 1. The number of carbonyl (C=O) groups excluding carboxylic acids is 2. The number of anilines is 1. The first-order chi connectivity index (χ1) is 12.0. The second kappa shape index (κ2) is 9.45. The van der Waals surface area contributed by atoms with Crippen LogP contribution in [0.15, 0.2) is 24.3 Å². The van der Waals surface area contributed by atoms with Crippen LogP contribution in [-0.4, -0.2) is 53.9 Å². The van der Waals surface area contributed by atoms with Gasteiger partial charge in [0.25, 0.3) is 5.91 Å². The highest BCUT2D eigenvalue weighted by molar-refractivity contribution is 7.80. The zero-order valence-electron chi connectivity index (χ0n) is 14.2. The fourth-order valence-corrected chi connectivity index (χ4v) is 2.88. The standard InChI is InChI=1S/C17H25N5O2S/c18-14(15(19)23)17(25)21-16(24)12-4-6-13(7-5-12)20-8-11-22-9-2-1-3-10-22/h4-7,14,20H,1-3,8-11,18H2,(H2,19,23)(H,21,24,25). The molecule has 7 nitrogen and oxygen atoms in total. The van der Waals surface area contributed by atoms with Crippen molar-refractivity contribution in [2.45, 2.75) is 25.3 Å². The summed E-state index contributed by atoms with van der Waals surface area (Å²) >= 11 is 4.90. The molecular formula is C17H25N5O2S. The smallest absolute Gasteiger partial charge is 0.256 e. The van der Waals surface area contributed by atoms with Crippen molar-refractivity contribution in [3.63, 3.8) is 0 Å². The molecule has 0 aliphatic carbocycles. The molecule has 25 heavy (non-hydrogen) atoms. The Morgan fingerprint density at radius 3 is 2.40 bits per heavy atom. The van der Waals surface area contributed by atoms with Crippen LogP contribution in [0, 0.1) is 0 Å². The van der Waals surface area contributed by atoms with Gasteiger partial charge < -0.3 is 27.0 Å². The lowest BCUT2D eigenvalue weighted by Gasteiger charge is -2.26. The largest absolute Gasteiger partial charge is 0.384 e. The Morgan fingerprint density at radius 1 is 1.16 bits per heavy atom. The molecule has 1 saturated heterocycles. The zero-order valence-corrected chi connectivity index (χ0v) is 15.0. The van der Waals surface area contributed by atoms with E-state index in [2.05, 4.69) is 15.5 Å². The van der Waals surface area contributed by atoms with E-state index in [0.29, 0.717) is 5.56 Å². The molecule has 2 rings (SSSR count). The summed E-state index contributed by atoms with van der Waals surface area (Å²) in [6.45, 7) is 4.23. The molecule has 2 amide bonds. The van der Waals surface area contributed by atoms with Crippen LogP contribution in [0.1, 0.15) is 29.6 Å². The SMILES string of the molecule is NC(=O)C(N)C(=S)NC(=O)c1ccc(NCCN2CCCCC2)cc1. The fraction of sp³-hybridized carbons (Fsp3) is 0.471. The number of nitrogens with zero attached hydrogens (tertiary/aromatic N) is 1. The van der Waals surface area contributed by atoms with Crippen molar-refractivity contribution >= 4 is 34.7 Å². The first-order valence-corrected chi connectivity index (χ1v) is 8.84. The number of hydrogen-bond donors (Lipinski definition) is 4. The molecule has 0 aromatic heterocycles. The number of hydrogen-bond acceptors (Lipinski definition) is 6. The van der Waals surface area contributed by atoms with Crippen LogP contribution in [0.2, 0.25) is 0 Å². The van der Waals surface area contributed by atoms with E-state index in [-0.39, 0.29) is 4.99 Å². The number of piperidine rings is 1. The second-order valence-corrected chi connectivity index (χ2v) is 6.54. The van der Waals surface area contributed by atoms with Gasteiger partial charge in [0.1, 0.15) is 11.0 Å². The van der Waals surface area contributed by atoms with Crippen LogP contribution in [0.5, 0.6) is 0 Å². The Bertz CT molecular complexity index is 614. The third kappa shape index (κ3) is 6.08. The molecule has 1 aliphatic rings. The van der Waals surface area contributed by atoms with Crippen LogP contribution in [0.3, 0.4) is 0 Å². The molecule has 8 heteroatoms. The first-order valence-electron chi connectivity index (χ1n) is 8.44. The third-order valence-electron chi connectivity index (χ3n) is 4.18. The van der Waals surface area contributed by atoms with E-state index in [1.807, 2.05) is 12.1 Å². The number of rotatable bonds is 7. The minimum absolute atomic E-state index is 0.0822. The average Bonchev–Trinajstić information content (AvgIpc) is 2.62. The number of primary amides is 1. The van der Waals surface area contributed by atoms with Gasteiger partial charge >= 0.3 is 0 Å². The Labute approximate surface area is 153 Å². The molecule has 0 radical (unpaired) electrons. The van der Waals surface area contributed by atoms with Crippen molar-refractivity contribution < 1.29 is 9.59 Å². The van der Waals surface area contributed by atoms with Gasteiger partial charge in [0.15, 0.2) is 0 Å². The Balaban J connectivity index is 1.79. The maximum Gasteiger partial charge on any atom is 0.256 e. The number of amides is 2. The van der Waals surface area contributed by atoms with Gasteiger partial charge in [-0.1, -0.05) is 18.6 Å². The number of nitrogens with one attached hydrogen (secondary N) is 2. The normalized spacial score (nSPS) is 16.0. The summed E-state index contributed by atoms with van der Waals surface area (Å²) in [7, 11) is 0.